The second-order valence-electron chi connectivity index (χ2n) is 4.91. The average Bonchev–Trinajstić information content (AvgIpc) is 2.47. The number of hydrogen-bond donors (Lipinski definition) is 1. The first kappa shape index (κ1) is 16.4. The number of alkyl halides is 5. The van der Waals surface area contributed by atoms with Crippen molar-refractivity contribution in [3.8, 4) is 11.1 Å². The first-order valence-corrected chi connectivity index (χ1v) is 6.49. The normalized spacial score (nSPS) is 13.9. The SMILES string of the molecule is OC(CC(F)(F)C(F)(F)F)c1ccc(-c2ccccc2)cc1. The largest absolute Gasteiger partial charge is 0.453 e. The quantitative estimate of drug-likeness (QED) is 0.789. The Morgan fingerprint density at radius 2 is 1.27 bits per heavy atom. The maximum atomic E-state index is 12.9. The summed E-state index contributed by atoms with van der Waals surface area (Å²) >= 11 is 0. The maximum absolute atomic E-state index is 12.9. The van der Waals surface area contributed by atoms with Crippen LogP contribution in [0.3, 0.4) is 0 Å². The van der Waals surface area contributed by atoms with Gasteiger partial charge in [0.25, 0.3) is 0 Å². The molecule has 1 atom stereocenters. The minimum absolute atomic E-state index is 0.0172. The van der Waals surface area contributed by atoms with Crippen molar-refractivity contribution in [2.75, 3.05) is 0 Å². The van der Waals surface area contributed by atoms with Crippen LogP contribution in [0.25, 0.3) is 11.1 Å². The molecule has 0 aliphatic heterocycles. The standard InChI is InChI=1S/C16H13F5O/c17-15(18,16(19,20)21)10-14(22)13-8-6-12(7-9-13)11-4-2-1-3-5-11/h1-9,14,22H,10H2. The lowest BCUT2D eigenvalue weighted by molar-refractivity contribution is -0.290. The summed E-state index contributed by atoms with van der Waals surface area (Å²) in [6, 6.07) is 15.0. The molecule has 0 aromatic heterocycles. The Morgan fingerprint density at radius 1 is 0.773 bits per heavy atom. The van der Waals surface area contributed by atoms with Gasteiger partial charge in [-0.2, -0.15) is 22.0 Å². The number of rotatable bonds is 4. The molecule has 0 saturated heterocycles. The molecule has 2 aromatic rings. The van der Waals surface area contributed by atoms with Crippen molar-refractivity contribution in [1.82, 2.24) is 0 Å². The van der Waals surface area contributed by atoms with Crippen molar-refractivity contribution in [3.63, 3.8) is 0 Å². The van der Waals surface area contributed by atoms with Crippen molar-refractivity contribution in [2.45, 2.75) is 24.6 Å². The molecule has 0 radical (unpaired) electrons. The molecule has 0 heterocycles. The lowest BCUT2D eigenvalue weighted by Crippen LogP contribution is -2.37. The predicted octanol–water partition coefficient (Wildman–Crippen LogP) is 4.97. The number of benzene rings is 2. The van der Waals surface area contributed by atoms with Gasteiger partial charge < -0.3 is 5.11 Å². The fourth-order valence-corrected chi connectivity index (χ4v) is 2.00. The average molecular weight is 316 g/mol. The first-order valence-electron chi connectivity index (χ1n) is 6.49. The van der Waals surface area contributed by atoms with Crippen LogP contribution in [0.15, 0.2) is 54.6 Å². The Labute approximate surface area is 124 Å². The van der Waals surface area contributed by atoms with E-state index in [0.29, 0.717) is 0 Å². The molecule has 0 saturated carbocycles. The Balaban J connectivity index is 2.14. The Morgan fingerprint density at radius 3 is 1.77 bits per heavy atom. The molecule has 0 spiro atoms. The van der Waals surface area contributed by atoms with Crippen molar-refractivity contribution < 1.29 is 27.1 Å². The van der Waals surface area contributed by atoms with Crippen molar-refractivity contribution >= 4 is 0 Å². The third-order valence-electron chi connectivity index (χ3n) is 3.27. The van der Waals surface area contributed by atoms with Gasteiger partial charge in [-0.3, -0.25) is 0 Å². The fraction of sp³-hybridized carbons (Fsp3) is 0.250. The summed E-state index contributed by atoms with van der Waals surface area (Å²) in [7, 11) is 0. The monoisotopic (exact) mass is 316 g/mol. The smallest absolute Gasteiger partial charge is 0.388 e. The lowest BCUT2D eigenvalue weighted by atomic mass is 9.99. The summed E-state index contributed by atoms with van der Waals surface area (Å²) in [5, 5.41) is 9.60. The van der Waals surface area contributed by atoms with Crippen LogP contribution in [-0.2, 0) is 0 Å². The summed E-state index contributed by atoms with van der Waals surface area (Å²) in [5.74, 6) is -4.93. The van der Waals surface area contributed by atoms with Gasteiger partial charge in [0.05, 0.1) is 12.5 Å². The molecule has 6 heteroatoms. The van der Waals surface area contributed by atoms with Crippen LogP contribution in [-0.4, -0.2) is 17.2 Å². The fourth-order valence-electron chi connectivity index (χ4n) is 2.00. The molecular formula is C16H13F5O. The molecule has 2 rings (SSSR count). The van der Waals surface area contributed by atoms with Crippen LogP contribution < -0.4 is 0 Å². The van der Waals surface area contributed by atoms with Gasteiger partial charge in [0, 0.05) is 0 Å². The van der Waals surface area contributed by atoms with Gasteiger partial charge in [0.2, 0.25) is 0 Å². The van der Waals surface area contributed by atoms with E-state index in [4.69, 9.17) is 0 Å². The zero-order chi connectivity index (χ0) is 16.4. The van der Waals surface area contributed by atoms with Crippen LogP contribution in [0, 0.1) is 0 Å². The molecule has 0 fully saturated rings. The van der Waals surface area contributed by atoms with Crippen molar-refractivity contribution in [1.29, 1.82) is 0 Å². The molecule has 0 amide bonds. The van der Waals surface area contributed by atoms with E-state index in [2.05, 4.69) is 0 Å². The molecule has 0 aliphatic rings. The van der Waals surface area contributed by atoms with Crippen LogP contribution in [0.2, 0.25) is 0 Å². The number of aliphatic hydroxyl groups excluding tert-OH is 1. The van der Waals surface area contributed by atoms with E-state index in [1.165, 1.54) is 12.1 Å². The maximum Gasteiger partial charge on any atom is 0.453 e. The van der Waals surface area contributed by atoms with E-state index in [0.717, 1.165) is 11.1 Å². The second kappa shape index (κ2) is 6.04. The molecule has 118 valence electrons. The number of halogens is 5. The molecule has 0 aliphatic carbocycles. The molecular weight excluding hydrogens is 303 g/mol. The highest BCUT2D eigenvalue weighted by Crippen LogP contribution is 2.41. The Hall–Kier alpha value is -1.95. The zero-order valence-corrected chi connectivity index (χ0v) is 11.3. The molecule has 2 aromatic carbocycles. The predicted molar refractivity (Wildman–Crippen MR) is 72.5 cm³/mol. The summed E-state index contributed by atoms with van der Waals surface area (Å²) in [6.45, 7) is 0. The van der Waals surface area contributed by atoms with Gasteiger partial charge in [-0.1, -0.05) is 54.6 Å². The van der Waals surface area contributed by atoms with Gasteiger partial charge in [-0.15, -0.1) is 0 Å². The molecule has 1 unspecified atom stereocenters. The molecule has 1 N–H and O–H groups in total. The number of aliphatic hydroxyl groups is 1. The summed E-state index contributed by atoms with van der Waals surface area (Å²) in [4.78, 5) is 0. The topological polar surface area (TPSA) is 20.2 Å². The highest BCUT2D eigenvalue weighted by Gasteiger charge is 2.58. The van der Waals surface area contributed by atoms with E-state index in [1.807, 2.05) is 30.3 Å². The lowest BCUT2D eigenvalue weighted by Gasteiger charge is -2.22. The van der Waals surface area contributed by atoms with Crippen molar-refractivity contribution in [3.05, 3.63) is 60.2 Å². The Kier molecular flexibility index (Phi) is 4.51. The molecule has 22 heavy (non-hydrogen) atoms. The van der Waals surface area contributed by atoms with Crippen LogP contribution >= 0.6 is 0 Å². The Bertz CT molecular complexity index is 605. The van der Waals surface area contributed by atoms with Crippen LogP contribution in [0.4, 0.5) is 22.0 Å². The van der Waals surface area contributed by atoms with Gasteiger partial charge in [-0.25, -0.2) is 0 Å². The van der Waals surface area contributed by atoms with Gasteiger partial charge in [0.1, 0.15) is 0 Å². The third-order valence-corrected chi connectivity index (χ3v) is 3.27. The van der Waals surface area contributed by atoms with E-state index in [1.54, 1.807) is 12.1 Å². The summed E-state index contributed by atoms with van der Waals surface area (Å²) in [6.07, 6.45) is -9.25. The second-order valence-corrected chi connectivity index (χ2v) is 4.91. The molecule has 0 bridgehead atoms. The van der Waals surface area contributed by atoms with Gasteiger partial charge >= 0.3 is 12.1 Å². The number of hydrogen-bond acceptors (Lipinski definition) is 1. The third kappa shape index (κ3) is 3.62. The van der Waals surface area contributed by atoms with Crippen molar-refractivity contribution in [2.24, 2.45) is 0 Å². The zero-order valence-electron chi connectivity index (χ0n) is 11.3. The van der Waals surface area contributed by atoms with E-state index >= 15 is 0 Å². The highest BCUT2D eigenvalue weighted by atomic mass is 19.4. The van der Waals surface area contributed by atoms with E-state index in [-0.39, 0.29) is 5.56 Å². The van der Waals surface area contributed by atoms with E-state index < -0.39 is 24.6 Å². The minimum atomic E-state index is -5.67. The summed E-state index contributed by atoms with van der Waals surface area (Å²) in [5.41, 5.74) is 1.67. The van der Waals surface area contributed by atoms with E-state index in [9.17, 15) is 27.1 Å². The van der Waals surface area contributed by atoms with Gasteiger partial charge in [-0.05, 0) is 16.7 Å². The summed E-state index contributed by atoms with van der Waals surface area (Å²) < 4.78 is 62.3. The first-order chi connectivity index (χ1) is 10.2. The van der Waals surface area contributed by atoms with Gasteiger partial charge in [0.15, 0.2) is 0 Å². The molecule has 1 nitrogen and oxygen atoms in total. The minimum Gasteiger partial charge on any atom is -0.388 e. The van der Waals surface area contributed by atoms with Crippen LogP contribution in [0.1, 0.15) is 18.1 Å². The van der Waals surface area contributed by atoms with Crippen LogP contribution in [0.5, 0.6) is 0 Å². The highest BCUT2D eigenvalue weighted by molar-refractivity contribution is 5.63.